The Morgan fingerprint density at radius 1 is 1.15 bits per heavy atom. The van der Waals surface area contributed by atoms with Crippen LogP contribution in [-0.4, -0.2) is 27.2 Å². The lowest BCUT2D eigenvalue weighted by molar-refractivity contribution is 0.171. The first kappa shape index (κ1) is 16.6. The van der Waals surface area contributed by atoms with Crippen molar-refractivity contribution in [3.05, 3.63) is 54.2 Å². The number of benzene rings is 1. The number of rotatable bonds is 5. The fourth-order valence-corrected chi connectivity index (χ4v) is 3.41. The monoisotopic (exact) mass is 349 g/mol. The van der Waals surface area contributed by atoms with Gasteiger partial charge in [0.05, 0.1) is 23.3 Å². The maximum atomic E-state index is 9.98. The van der Waals surface area contributed by atoms with E-state index in [0.717, 1.165) is 41.5 Å². The summed E-state index contributed by atoms with van der Waals surface area (Å²) in [5, 5.41) is 17.7. The Bertz CT molecular complexity index is 914. The summed E-state index contributed by atoms with van der Waals surface area (Å²) in [6.45, 7) is 0.623. The van der Waals surface area contributed by atoms with Gasteiger partial charge in [-0.2, -0.15) is 0 Å². The minimum Gasteiger partial charge on any atom is -0.396 e. The van der Waals surface area contributed by atoms with Gasteiger partial charge in [0.1, 0.15) is 5.82 Å². The topological polar surface area (TPSA) is 96.1 Å². The van der Waals surface area contributed by atoms with Gasteiger partial charge >= 0.3 is 0 Å². The average Bonchev–Trinajstić information content (AvgIpc) is 3.06. The molecule has 4 rings (SSSR count). The molecule has 26 heavy (non-hydrogen) atoms. The molecule has 1 aliphatic rings. The van der Waals surface area contributed by atoms with Crippen LogP contribution in [0.25, 0.3) is 10.9 Å². The van der Waals surface area contributed by atoms with Gasteiger partial charge in [-0.3, -0.25) is 4.98 Å². The molecule has 1 fully saturated rings. The largest absolute Gasteiger partial charge is 0.396 e. The van der Waals surface area contributed by atoms with E-state index in [1.165, 1.54) is 0 Å². The number of nitrogens with two attached hydrogens (primary N) is 1. The van der Waals surface area contributed by atoms with Crippen LogP contribution in [0.5, 0.6) is 0 Å². The molecule has 0 amide bonds. The maximum absolute atomic E-state index is 9.98. The number of anilines is 3. The maximum Gasteiger partial charge on any atom is 0.151 e. The summed E-state index contributed by atoms with van der Waals surface area (Å²) in [6, 6.07) is 13.9. The van der Waals surface area contributed by atoms with Crippen LogP contribution in [0.1, 0.15) is 24.8 Å². The zero-order chi connectivity index (χ0) is 17.9. The molecular formula is C20H23N5O. The minimum atomic E-state index is -0.308. The van der Waals surface area contributed by atoms with E-state index in [1.54, 1.807) is 6.20 Å². The summed E-state index contributed by atoms with van der Waals surface area (Å²) in [5.41, 5.74) is 8.79. The number of pyridine rings is 2. The first-order valence-electron chi connectivity index (χ1n) is 8.98. The van der Waals surface area contributed by atoms with E-state index in [0.29, 0.717) is 18.1 Å². The van der Waals surface area contributed by atoms with Gasteiger partial charge in [0.2, 0.25) is 0 Å². The highest BCUT2D eigenvalue weighted by Crippen LogP contribution is 2.25. The standard InChI is InChI=1S/C20H23N5O/c21-15-7-9-19(24-17-4-1-5-18(17)26)25-20(15)23-12-13-6-8-16-14(11-13)3-2-10-22-16/h2-3,6-11,17-18,26H,1,4-5,12,21H2,(H2,23,24,25)/t17-,18?/m0/s1. The number of nitrogens with one attached hydrogen (secondary N) is 2. The quantitative estimate of drug-likeness (QED) is 0.565. The number of nitrogen functional groups attached to an aromatic ring is 1. The number of hydrogen-bond acceptors (Lipinski definition) is 6. The molecule has 1 saturated carbocycles. The van der Waals surface area contributed by atoms with E-state index in [-0.39, 0.29) is 12.1 Å². The van der Waals surface area contributed by atoms with Crippen LogP contribution in [0.2, 0.25) is 0 Å². The highest BCUT2D eigenvalue weighted by Gasteiger charge is 2.25. The van der Waals surface area contributed by atoms with Gasteiger partial charge in [-0.05, 0) is 55.2 Å². The lowest BCUT2D eigenvalue weighted by Crippen LogP contribution is -2.28. The smallest absolute Gasteiger partial charge is 0.151 e. The summed E-state index contributed by atoms with van der Waals surface area (Å²) < 4.78 is 0. The minimum absolute atomic E-state index is 0.0620. The second-order valence-corrected chi connectivity index (χ2v) is 6.77. The Kier molecular flexibility index (Phi) is 4.58. The van der Waals surface area contributed by atoms with E-state index >= 15 is 0 Å². The fraction of sp³-hybridized carbons (Fsp3) is 0.300. The molecule has 1 aromatic carbocycles. The number of aliphatic hydroxyl groups is 1. The Hall–Kier alpha value is -2.86. The third kappa shape index (κ3) is 3.55. The van der Waals surface area contributed by atoms with Gasteiger partial charge in [-0.1, -0.05) is 12.1 Å². The van der Waals surface area contributed by atoms with Crippen LogP contribution >= 0.6 is 0 Å². The van der Waals surface area contributed by atoms with Gasteiger partial charge in [-0.25, -0.2) is 4.98 Å². The van der Waals surface area contributed by atoms with Crippen molar-refractivity contribution >= 4 is 28.2 Å². The summed E-state index contributed by atoms with van der Waals surface area (Å²) >= 11 is 0. The lowest BCUT2D eigenvalue weighted by Gasteiger charge is -2.18. The van der Waals surface area contributed by atoms with Crippen LogP contribution in [0.3, 0.4) is 0 Å². The predicted octanol–water partition coefficient (Wildman–Crippen LogP) is 3.15. The SMILES string of the molecule is Nc1ccc(N[C@H]2CCCC2O)nc1NCc1ccc2ncccc2c1. The van der Waals surface area contributed by atoms with Crippen molar-refractivity contribution in [2.45, 2.75) is 38.0 Å². The van der Waals surface area contributed by atoms with Gasteiger partial charge in [0.25, 0.3) is 0 Å². The third-order valence-electron chi connectivity index (χ3n) is 4.87. The first-order chi connectivity index (χ1) is 12.7. The molecule has 0 radical (unpaired) electrons. The molecule has 0 saturated heterocycles. The molecule has 6 heteroatoms. The molecule has 3 aromatic rings. The molecule has 2 aromatic heterocycles. The molecule has 2 atom stereocenters. The summed E-state index contributed by atoms with van der Waals surface area (Å²) in [7, 11) is 0. The number of hydrogen-bond donors (Lipinski definition) is 4. The van der Waals surface area contributed by atoms with Crippen molar-refractivity contribution < 1.29 is 5.11 Å². The Morgan fingerprint density at radius 3 is 2.92 bits per heavy atom. The van der Waals surface area contributed by atoms with E-state index in [9.17, 15) is 5.11 Å². The Morgan fingerprint density at radius 2 is 2.08 bits per heavy atom. The molecular weight excluding hydrogens is 326 g/mol. The molecule has 6 nitrogen and oxygen atoms in total. The van der Waals surface area contributed by atoms with Crippen LogP contribution in [0, 0.1) is 0 Å². The normalized spacial score (nSPS) is 19.6. The van der Waals surface area contributed by atoms with Crippen molar-refractivity contribution in [1.82, 2.24) is 9.97 Å². The second-order valence-electron chi connectivity index (χ2n) is 6.77. The van der Waals surface area contributed by atoms with Gasteiger partial charge in [0.15, 0.2) is 5.82 Å². The Balaban J connectivity index is 1.47. The molecule has 5 N–H and O–H groups in total. The van der Waals surface area contributed by atoms with Crippen molar-refractivity contribution in [3.63, 3.8) is 0 Å². The summed E-state index contributed by atoms with van der Waals surface area (Å²) in [4.78, 5) is 8.92. The van der Waals surface area contributed by atoms with Crippen LogP contribution in [-0.2, 0) is 6.54 Å². The number of aromatic nitrogens is 2. The number of nitrogens with zero attached hydrogens (tertiary/aromatic N) is 2. The third-order valence-corrected chi connectivity index (χ3v) is 4.87. The molecule has 1 aliphatic carbocycles. The second kappa shape index (κ2) is 7.17. The Labute approximate surface area is 152 Å². The molecule has 134 valence electrons. The first-order valence-corrected chi connectivity index (χ1v) is 8.98. The van der Waals surface area contributed by atoms with Gasteiger partial charge in [-0.15, -0.1) is 0 Å². The summed E-state index contributed by atoms with van der Waals surface area (Å²) in [5.74, 6) is 1.38. The van der Waals surface area contributed by atoms with Crippen molar-refractivity contribution in [2.75, 3.05) is 16.4 Å². The number of fused-ring (bicyclic) bond motifs is 1. The molecule has 2 heterocycles. The van der Waals surface area contributed by atoms with E-state index in [4.69, 9.17) is 5.73 Å². The van der Waals surface area contributed by atoms with E-state index < -0.39 is 0 Å². The van der Waals surface area contributed by atoms with Crippen molar-refractivity contribution in [3.8, 4) is 0 Å². The molecule has 0 spiro atoms. The lowest BCUT2D eigenvalue weighted by atomic mass is 10.1. The molecule has 0 aliphatic heterocycles. The predicted molar refractivity (Wildman–Crippen MR) is 105 cm³/mol. The van der Waals surface area contributed by atoms with Crippen molar-refractivity contribution in [1.29, 1.82) is 0 Å². The average molecular weight is 349 g/mol. The van der Waals surface area contributed by atoms with E-state index in [1.807, 2.05) is 24.3 Å². The van der Waals surface area contributed by atoms with E-state index in [2.05, 4.69) is 38.8 Å². The zero-order valence-electron chi connectivity index (χ0n) is 14.5. The highest BCUT2D eigenvalue weighted by atomic mass is 16.3. The van der Waals surface area contributed by atoms with Crippen LogP contribution in [0.4, 0.5) is 17.3 Å². The van der Waals surface area contributed by atoms with Gasteiger partial charge < -0.3 is 21.5 Å². The van der Waals surface area contributed by atoms with Crippen LogP contribution in [0.15, 0.2) is 48.7 Å². The summed E-state index contributed by atoms with van der Waals surface area (Å²) in [6.07, 6.45) is 4.33. The highest BCUT2D eigenvalue weighted by molar-refractivity contribution is 5.79. The molecule has 0 bridgehead atoms. The fourth-order valence-electron chi connectivity index (χ4n) is 3.41. The zero-order valence-corrected chi connectivity index (χ0v) is 14.5. The number of aliphatic hydroxyl groups excluding tert-OH is 1. The molecule has 1 unspecified atom stereocenters. The van der Waals surface area contributed by atoms with Gasteiger partial charge in [0, 0.05) is 18.1 Å². The van der Waals surface area contributed by atoms with Crippen LogP contribution < -0.4 is 16.4 Å². The van der Waals surface area contributed by atoms with Crippen molar-refractivity contribution in [2.24, 2.45) is 0 Å².